The van der Waals surface area contributed by atoms with Gasteiger partial charge in [0.1, 0.15) is 5.75 Å². The third-order valence-corrected chi connectivity index (χ3v) is 7.09. The summed E-state index contributed by atoms with van der Waals surface area (Å²) in [5.41, 5.74) is 5.59. The average molecular weight is 484 g/mol. The Morgan fingerprint density at radius 3 is 2.53 bits per heavy atom. The lowest BCUT2D eigenvalue weighted by Crippen LogP contribution is -2.31. The smallest absolute Gasteiger partial charge is 0.338 e. The number of ether oxygens (including phenoxy) is 2. The molecule has 1 fully saturated rings. The molecule has 0 saturated carbocycles. The molecule has 2 aromatic carbocycles. The number of aryl methyl sites for hydroxylation is 1. The lowest BCUT2D eigenvalue weighted by molar-refractivity contribution is 0.0603. The summed E-state index contributed by atoms with van der Waals surface area (Å²) < 4.78 is 12.8. The first kappa shape index (κ1) is 24.1. The van der Waals surface area contributed by atoms with Crippen LogP contribution in [0.25, 0.3) is 33.2 Å². The second-order valence-electron chi connectivity index (χ2n) is 9.38. The normalized spacial score (nSPS) is 14.2. The highest BCUT2D eigenvalue weighted by atomic mass is 16.5. The number of esters is 1. The van der Waals surface area contributed by atoms with Crippen molar-refractivity contribution in [3.05, 3.63) is 72.7 Å². The molecule has 6 nitrogen and oxygen atoms in total. The van der Waals surface area contributed by atoms with Gasteiger partial charge < -0.3 is 18.9 Å². The van der Waals surface area contributed by atoms with Gasteiger partial charge in [0.15, 0.2) is 0 Å². The molecule has 36 heavy (non-hydrogen) atoms. The minimum Gasteiger partial charge on any atom is -0.497 e. The molecule has 4 aromatic rings. The van der Waals surface area contributed by atoms with Crippen LogP contribution < -0.4 is 4.74 Å². The van der Waals surface area contributed by atoms with E-state index in [1.807, 2.05) is 48.8 Å². The van der Waals surface area contributed by atoms with Crippen molar-refractivity contribution in [1.82, 2.24) is 14.5 Å². The van der Waals surface area contributed by atoms with Gasteiger partial charge in [0, 0.05) is 52.7 Å². The van der Waals surface area contributed by atoms with Gasteiger partial charge in [0.25, 0.3) is 0 Å². The summed E-state index contributed by atoms with van der Waals surface area (Å²) in [5.74, 6) is 0.473. The van der Waals surface area contributed by atoms with Crippen molar-refractivity contribution in [2.45, 2.75) is 32.2 Å². The summed E-state index contributed by atoms with van der Waals surface area (Å²) >= 11 is 0. The first-order valence-electron chi connectivity index (χ1n) is 12.7. The predicted octanol–water partition coefficient (Wildman–Crippen LogP) is 6.04. The molecule has 0 N–H and O–H groups in total. The standard InChI is InChI=1S/C30H33N3O3/c1-35-25-10-6-9-22(18-25)23-17-24(20-31-19-23)27-21-33(16-8-15-32-13-4-3-5-14-32)28-12-7-11-26(29(27)28)30(34)36-2/h6-7,9-12,17-21H,3-5,8,13-16H2,1-2H3. The van der Waals surface area contributed by atoms with Crippen LogP contribution in [-0.4, -0.2) is 54.3 Å². The van der Waals surface area contributed by atoms with Crippen molar-refractivity contribution in [2.24, 2.45) is 0 Å². The van der Waals surface area contributed by atoms with Crippen LogP contribution in [0.3, 0.4) is 0 Å². The highest BCUT2D eigenvalue weighted by Crippen LogP contribution is 2.35. The second-order valence-corrected chi connectivity index (χ2v) is 9.38. The van der Waals surface area contributed by atoms with Gasteiger partial charge in [-0.2, -0.15) is 0 Å². The molecule has 3 heterocycles. The van der Waals surface area contributed by atoms with E-state index >= 15 is 0 Å². The summed E-state index contributed by atoms with van der Waals surface area (Å²) in [7, 11) is 3.10. The Balaban J connectivity index is 1.53. The number of likely N-dealkylation sites (tertiary alicyclic amines) is 1. The molecular weight excluding hydrogens is 450 g/mol. The molecule has 0 aliphatic carbocycles. The van der Waals surface area contributed by atoms with Crippen molar-refractivity contribution < 1.29 is 14.3 Å². The minimum atomic E-state index is -0.329. The molecule has 0 spiro atoms. The predicted molar refractivity (Wildman–Crippen MR) is 143 cm³/mol. The zero-order valence-electron chi connectivity index (χ0n) is 21.1. The summed E-state index contributed by atoms with van der Waals surface area (Å²) in [6.07, 6.45) is 10.9. The van der Waals surface area contributed by atoms with Crippen LogP contribution >= 0.6 is 0 Å². The van der Waals surface area contributed by atoms with Gasteiger partial charge in [-0.25, -0.2) is 4.79 Å². The molecule has 0 bridgehead atoms. The van der Waals surface area contributed by atoms with Crippen molar-refractivity contribution in [3.8, 4) is 28.0 Å². The quantitative estimate of drug-likeness (QED) is 0.286. The molecular formula is C30H33N3O3. The molecule has 0 atom stereocenters. The fourth-order valence-corrected chi connectivity index (χ4v) is 5.23. The Bertz CT molecular complexity index is 1350. The Hall–Kier alpha value is -3.64. The maximum absolute atomic E-state index is 12.7. The number of nitrogens with zero attached hydrogens (tertiary/aromatic N) is 3. The SMILES string of the molecule is COC(=O)c1cccc2c1c(-c1cncc(-c3cccc(OC)c3)c1)cn2CCCN1CCCCC1. The Kier molecular flexibility index (Phi) is 7.33. The fraction of sp³-hybridized carbons (Fsp3) is 0.333. The van der Waals surface area contributed by atoms with Crippen LogP contribution in [-0.2, 0) is 11.3 Å². The first-order chi connectivity index (χ1) is 17.7. The van der Waals surface area contributed by atoms with Crippen molar-refractivity contribution in [1.29, 1.82) is 0 Å². The van der Waals surface area contributed by atoms with E-state index < -0.39 is 0 Å². The number of methoxy groups -OCH3 is 2. The number of pyridine rings is 1. The van der Waals surface area contributed by atoms with E-state index in [1.165, 1.54) is 39.5 Å². The Morgan fingerprint density at radius 1 is 0.917 bits per heavy atom. The van der Waals surface area contributed by atoms with Crippen LogP contribution in [0.4, 0.5) is 0 Å². The fourth-order valence-electron chi connectivity index (χ4n) is 5.23. The highest BCUT2D eigenvalue weighted by Gasteiger charge is 2.19. The molecule has 0 amide bonds. The summed E-state index contributed by atoms with van der Waals surface area (Å²) in [4.78, 5) is 19.9. The third-order valence-electron chi connectivity index (χ3n) is 7.09. The zero-order valence-corrected chi connectivity index (χ0v) is 21.1. The van der Waals surface area contributed by atoms with Gasteiger partial charge in [-0.1, -0.05) is 24.6 Å². The van der Waals surface area contributed by atoms with Crippen LogP contribution in [0.15, 0.2) is 67.1 Å². The molecule has 0 unspecified atom stereocenters. The van der Waals surface area contributed by atoms with E-state index in [0.717, 1.165) is 58.4 Å². The maximum Gasteiger partial charge on any atom is 0.338 e. The van der Waals surface area contributed by atoms with Gasteiger partial charge in [-0.05, 0) is 74.8 Å². The molecule has 1 aliphatic rings. The number of piperidine rings is 1. The monoisotopic (exact) mass is 483 g/mol. The number of carbonyl (C=O) groups excluding carboxylic acids is 1. The van der Waals surface area contributed by atoms with Crippen molar-refractivity contribution >= 4 is 16.9 Å². The summed E-state index contributed by atoms with van der Waals surface area (Å²) in [6.45, 7) is 4.39. The number of fused-ring (bicyclic) bond motifs is 1. The number of benzene rings is 2. The molecule has 6 heteroatoms. The van der Waals surface area contributed by atoms with E-state index in [9.17, 15) is 4.79 Å². The molecule has 186 valence electrons. The molecule has 1 aliphatic heterocycles. The number of rotatable bonds is 8. The molecule has 2 aromatic heterocycles. The van der Waals surface area contributed by atoms with E-state index in [0.29, 0.717) is 5.56 Å². The summed E-state index contributed by atoms with van der Waals surface area (Å²) in [6, 6.07) is 16.0. The average Bonchev–Trinajstić information content (AvgIpc) is 3.32. The van der Waals surface area contributed by atoms with Crippen molar-refractivity contribution in [3.63, 3.8) is 0 Å². The van der Waals surface area contributed by atoms with Crippen molar-refractivity contribution in [2.75, 3.05) is 33.9 Å². The van der Waals surface area contributed by atoms with Gasteiger partial charge >= 0.3 is 5.97 Å². The van der Waals surface area contributed by atoms with Gasteiger partial charge in [0.05, 0.1) is 19.8 Å². The first-order valence-corrected chi connectivity index (χ1v) is 12.7. The lowest BCUT2D eigenvalue weighted by Gasteiger charge is -2.26. The van der Waals surface area contributed by atoms with E-state index in [4.69, 9.17) is 9.47 Å². The number of hydrogen-bond acceptors (Lipinski definition) is 5. The summed E-state index contributed by atoms with van der Waals surface area (Å²) in [5, 5.41) is 0.909. The Labute approximate surface area is 212 Å². The topological polar surface area (TPSA) is 56.6 Å². The lowest BCUT2D eigenvalue weighted by atomic mass is 9.99. The van der Waals surface area contributed by atoms with E-state index in [2.05, 4.69) is 32.8 Å². The molecule has 5 rings (SSSR count). The second kappa shape index (κ2) is 11.0. The van der Waals surface area contributed by atoms with Crippen LogP contribution in [0, 0.1) is 0 Å². The highest BCUT2D eigenvalue weighted by molar-refractivity contribution is 6.10. The zero-order chi connectivity index (χ0) is 24.9. The van der Waals surface area contributed by atoms with Gasteiger partial charge in [0.2, 0.25) is 0 Å². The number of carbonyl (C=O) groups is 1. The maximum atomic E-state index is 12.7. The van der Waals surface area contributed by atoms with E-state index in [1.54, 1.807) is 7.11 Å². The van der Waals surface area contributed by atoms with Crippen LogP contribution in [0.5, 0.6) is 5.75 Å². The number of hydrogen-bond donors (Lipinski definition) is 0. The van der Waals surface area contributed by atoms with E-state index in [-0.39, 0.29) is 5.97 Å². The van der Waals surface area contributed by atoms with Crippen LogP contribution in [0.2, 0.25) is 0 Å². The molecule has 1 saturated heterocycles. The minimum absolute atomic E-state index is 0.329. The Morgan fingerprint density at radius 2 is 1.72 bits per heavy atom. The largest absolute Gasteiger partial charge is 0.497 e. The molecule has 0 radical (unpaired) electrons. The van der Waals surface area contributed by atoms with Gasteiger partial charge in [-0.15, -0.1) is 0 Å². The third kappa shape index (κ3) is 5.00. The van der Waals surface area contributed by atoms with Gasteiger partial charge in [-0.3, -0.25) is 4.98 Å². The van der Waals surface area contributed by atoms with Crippen LogP contribution in [0.1, 0.15) is 36.0 Å². The number of aromatic nitrogens is 2.